The number of nitriles is 1. The summed E-state index contributed by atoms with van der Waals surface area (Å²) in [5, 5.41) is 7.93. The minimum atomic E-state index is -3.16. The van der Waals surface area contributed by atoms with Gasteiger partial charge in [0.25, 0.3) is 0 Å². The molecule has 1 aromatic rings. The standard InChI is InChI=1S/C15H13F2NO3S/c16-13-5-9(7-18)12(6-14(13)17)15(19)8-3-10-1-2-11(4-8)22(10,20)21/h5-6,8,10-11H,1-4H2. The molecule has 1 aromatic carbocycles. The Morgan fingerprint density at radius 1 is 1.14 bits per heavy atom. The summed E-state index contributed by atoms with van der Waals surface area (Å²) in [6, 6.07) is 3.13. The van der Waals surface area contributed by atoms with Gasteiger partial charge >= 0.3 is 0 Å². The maximum Gasteiger partial charge on any atom is 0.167 e. The van der Waals surface area contributed by atoms with Gasteiger partial charge in [-0.3, -0.25) is 4.79 Å². The molecule has 2 unspecified atom stereocenters. The van der Waals surface area contributed by atoms with Gasteiger partial charge in [0.15, 0.2) is 27.3 Å². The van der Waals surface area contributed by atoms with E-state index >= 15 is 0 Å². The molecule has 2 heterocycles. The van der Waals surface area contributed by atoms with Crippen molar-refractivity contribution in [2.45, 2.75) is 36.2 Å². The number of sulfone groups is 1. The Hall–Kier alpha value is -1.81. The van der Waals surface area contributed by atoms with Gasteiger partial charge in [0.2, 0.25) is 0 Å². The molecule has 0 saturated carbocycles. The largest absolute Gasteiger partial charge is 0.294 e. The van der Waals surface area contributed by atoms with E-state index in [1.165, 1.54) is 0 Å². The van der Waals surface area contributed by atoms with Gasteiger partial charge in [-0.25, -0.2) is 17.2 Å². The van der Waals surface area contributed by atoms with Crippen molar-refractivity contribution in [1.29, 1.82) is 5.26 Å². The highest BCUT2D eigenvalue weighted by Gasteiger charge is 2.48. The molecule has 2 aliphatic heterocycles. The Morgan fingerprint density at radius 3 is 2.23 bits per heavy atom. The highest BCUT2D eigenvalue weighted by molar-refractivity contribution is 7.93. The average molecular weight is 325 g/mol. The zero-order valence-corrected chi connectivity index (χ0v) is 12.4. The van der Waals surface area contributed by atoms with Crippen molar-refractivity contribution < 1.29 is 22.0 Å². The van der Waals surface area contributed by atoms with Crippen molar-refractivity contribution in [3.05, 3.63) is 34.9 Å². The molecule has 3 rings (SSSR count). The first kappa shape index (κ1) is 15.1. The fourth-order valence-electron chi connectivity index (χ4n) is 3.48. The van der Waals surface area contributed by atoms with Crippen molar-refractivity contribution in [3.63, 3.8) is 0 Å². The van der Waals surface area contributed by atoms with Crippen LogP contribution in [0.1, 0.15) is 41.6 Å². The first-order valence-corrected chi connectivity index (χ1v) is 8.61. The smallest absolute Gasteiger partial charge is 0.167 e. The summed E-state index contributed by atoms with van der Waals surface area (Å²) in [4.78, 5) is 12.5. The Labute approximate surface area is 126 Å². The Kier molecular flexibility index (Phi) is 3.52. The molecule has 0 radical (unpaired) electrons. The lowest BCUT2D eigenvalue weighted by Gasteiger charge is -2.27. The van der Waals surface area contributed by atoms with Crippen molar-refractivity contribution in [1.82, 2.24) is 0 Å². The second-order valence-electron chi connectivity index (χ2n) is 5.87. The molecule has 0 aromatic heterocycles. The third-order valence-corrected chi connectivity index (χ3v) is 7.37. The lowest BCUT2D eigenvalue weighted by Crippen LogP contribution is -2.36. The van der Waals surface area contributed by atoms with Crippen LogP contribution < -0.4 is 0 Å². The molecule has 2 saturated heterocycles. The maximum absolute atomic E-state index is 13.4. The maximum atomic E-state index is 13.4. The van der Waals surface area contributed by atoms with Gasteiger partial charge < -0.3 is 0 Å². The molecule has 0 aliphatic carbocycles. The van der Waals surface area contributed by atoms with Gasteiger partial charge in [-0.2, -0.15) is 5.26 Å². The van der Waals surface area contributed by atoms with E-state index in [1.807, 2.05) is 0 Å². The van der Waals surface area contributed by atoms with Crippen molar-refractivity contribution in [2.24, 2.45) is 5.92 Å². The van der Waals surface area contributed by atoms with Crippen molar-refractivity contribution in [3.8, 4) is 6.07 Å². The Morgan fingerprint density at radius 2 is 1.68 bits per heavy atom. The van der Waals surface area contributed by atoms with Gasteiger partial charge in [0.1, 0.15) is 0 Å². The van der Waals surface area contributed by atoms with E-state index in [9.17, 15) is 22.0 Å². The number of benzene rings is 1. The summed E-state index contributed by atoms with van der Waals surface area (Å²) < 4.78 is 50.6. The third kappa shape index (κ3) is 2.22. The zero-order valence-electron chi connectivity index (χ0n) is 11.6. The fraction of sp³-hybridized carbons (Fsp3) is 0.467. The monoisotopic (exact) mass is 325 g/mol. The number of carbonyl (C=O) groups is 1. The summed E-state index contributed by atoms with van der Waals surface area (Å²) >= 11 is 0. The number of hydrogen-bond donors (Lipinski definition) is 0. The van der Waals surface area contributed by atoms with Crippen LogP contribution in [0.3, 0.4) is 0 Å². The van der Waals surface area contributed by atoms with Crippen LogP contribution >= 0.6 is 0 Å². The average Bonchev–Trinajstić information content (AvgIpc) is 2.68. The number of nitrogens with zero attached hydrogens (tertiary/aromatic N) is 1. The van der Waals surface area contributed by atoms with Gasteiger partial charge in [-0.05, 0) is 37.8 Å². The molecular weight excluding hydrogens is 312 g/mol. The summed E-state index contributed by atoms with van der Waals surface area (Å²) in [5.74, 6) is -3.40. The predicted molar refractivity (Wildman–Crippen MR) is 73.9 cm³/mol. The predicted octanol–water partition coefficient (Wildman–Crippen LogP) is 2.37. The molecule has 4 nitrogen and oxygen atoms in total. The highest BCUT2D eigenvalue weighted by atomic mass is 32.2. The molecule has 116 valence electrons. The molecule has 2 bridgehead atoms. The van der Waals surface area contributed by atoms with E-state index in [4.69, 9.17) is 5.26 Å². The van der Waals surface area contributed by atoms with Crippen LogP contribution in [0.25, 0.3) is 0 Å². The normalized spacial score (nSPS) is 29.0. The molecule has 0 N–H and O–H groups in total. The second kappa shape index (κ2) is 5.13. The quantitative estimate of drug-likeness (QED) is 0.782. The van der Waals surface area contributed by atoms with Crippen LogP contribution in [-0.2, 0) is 9.84 Å². The lowest BCUT2D eigenvalue weighted by molar-refractivity contribution is 0.0904. The van der Waals surface area contributed by atoms with E-state index in [1.54, 1.807) is 6.07 Å². The number of Topliss-reactive ketones (excluding diaryl/α,β-unsaturated/α-hetero) is 1. The number of carbonyl (C=O) groups excluding carboxylic acids is 1. The molecular formula is C15H13F2NO3S. The first-order valence-electron chi connectivity index (χ1n) is 7.00. The van der Waals surface area contributed by atoms with Crippen LogP contribution in [0.4, 0.5) is 8.78 Å². The minimum absolute atomic E-state index is 0.162. The van der Waals surface area contributed by atoms with Crippen LogP contribution in [0.15, 0.2) is 12.1 Å². The van der Waals surface area contributed by atoms with E-state index < -0.39 is 43.7 Å². The first-order chi connectivity index (χ1) is 10.3. The molecule has 0 amide bonds. The molecule has 2 aliphatic rings. The number of halogens is 2. The molecule has 7 heteroatoms. The Balaban J connectivity index is 1.94. The minimum Gasteiger partial charge on any atom is -0.294 e. The van der Waals surface area contributed by atoms with Crippen molar-refractivity contribution in [2.75, 3.05) is 0 Å². The highest BCUT2D eigenvalue weighted by Crippen LogP contribution is 2.42. The number of ketones is 1. The summed E-state index contributed by atoms with van der Waals surface area (Å²) in [7, 11) is -3.16. The molecule has 2 atom stereocenters. The van der Waals surface area contributed by atoms with Crippen LogP contribution in [-0.4, -0.2) is 24.7 Å². The van der Waals surface area contributed by atoms with E-state index in [0.717, 1.165) is 6.07 Å². The van der Waals surface area contributed by atoms with E-state index in [-0.39, 0.29) is 24.0 Å². The summed E-state index contributed by atoms with van der Waals surface area (Å²) in [6.07, 6.45) is 1.47. The topological polar surface area (TPSA) is 75.0 Å². The fourth-order valence-corrected chi connectivity index (χ4v) is 5.96. The second-order valence-corrected chi connectivity index (χ2v) is 8.38. The zero-order chi connectivity index (χ0) is 16.1. The number of fused-ring (bicyclic) bond motifs is 2. The van der Waals surface area contributed by atoms with Crippen LogP contribution in [0, 0.1) is 28.9 Å². The molecule has 22 heavy (non-hydrogen) atoms. The summed E-state index contributed by atoms with van der Waals surface area (Å²) in [6.45, 7) is 0. The molecule has 0 spiro atoms. The molecule has 2 fully saturated rings. The number of rotatable bonds is 2. The SMILES string of the molecule is N#Cc1cc(F)c(F)cc1C(=O)C1CC2CCC(C1)S2(=O)=O. The van der Waals surface area contributed by atoms with Gasteiger partial charge in [0.05, 0.1) is 22.1 Å². The van der Waals surface area contributed by atoms with Gasteiger partial charge in [0, 0.05) is 11.5 Å². The lowest BCUT2D eigenvalue weighted by atomic mass is 9.88. The van der Waals surface area contributed by atoms with E-state index in [0.29, 0.717) is 18.9 Å². The van der Waals surface area contributed by atoms with Gasteiger partial charge in [-0.1, -0.05) is 0 Å². The van der Waals surface area contributed by atoms with Crippen LogP contribution in [0.5, 0.6) is 0 Å². The summed E-state index contributed by atoms with van der Waals surface area (Å²) in [5.41, 5.74) is -0.380. The van der Waals surface area contributed by atoms with Gasteiger partial charge in [-0.15, -0.1) is 0 Å². The van der Waals surface area contributed by atoms with Crippen molar-refractivity contribution >= 4 is 15.6 Å². The third-order valence-electron chi connectivity index (χ3n) is 4.65. The number of hydrogen-bond acceptors (Lipinski definition) is 4. The van der Waals surface area contributed by atoms with E-state index in [2.05, 4.69) is 0 Å². The van der Waals surface area contributed by atoms with Crippen LogP contribution in [0.2, 0.25) is 0 Å². The Bertz CT molecular complexity index is 778.